The Labute approximate surface area is 159 Å². The van der Waals surface area contributed by atoms with Gasteiger partial charge in [-0.15, -0.1) is 0 Å². The number of ether oxygens (including phenoxy) is 1. The maximum atomic E-state index is 13.1. The fourth-order valence-electron chi connectivity index (χ4n) is 5.52. The predicted molar refractivity (Wildman–Crippen MR) is 101 cm³/mol. The van der Waals surface area contributed by atoms with Crippen LogP contribution in [-0.4, -0.2) is 48.1 Å². The maximum absolute atomic E-state index is 13.1. The number of fused-ring (bicyclic) bond motifs is 4. The predicted octanol–water partition coefficient (Wildman–Crippen LogP) is 2.61. The number of para-hydroxylation sites is 1. The van der Waals surface area contributed by atoms with E-state index in [0.29, 0.717) is 12.0 Å². The number of benzene rings is 1. The quantitative estimate of drug-likeness (QED) is 0.629. The molecule has 6 nitrogen and oxygen atoms in total. The first-order valence-electron chi connectivity index (χ1n) is 9.64. The number of amides is 1. The van der Waals surface area contributed by atoms with E-state index < -0.39 is 11.4 Å². The Kier molecular flexibility index (Phi) is 4.46. The molecular weight excluding hydrogens is 344 g/mol. The van der Waals surface area contributed by atoms with Gasteiger partial charge >= 0.3 is 5.97 Å². The number of nitrogens with one attached hydrogen (secondary N) is 1. The molecule has 0 aromatic heterocycles. The minimum Gasteiger partial charge on any atom is -0.504 e. The van der Waals surface area contributed by atoms with Crippen LogP contribution in [0.25, 0.3) is 0 Å². The van der Waals surface area contributed by atoms with Crippen molar-refractivity contribution in [2.45, 2.75) is 37.6 Å². The molecule has 3 heterocycles. The summed E-state index contributed by atoms with van der Waals surface area (Å²) >= 11 is 0. The van der Waals surface area contributed by atoms with Gasteiger partial charge < -0.3 is 15.2 Å². The van der Waals surface area contributed by atoms with E-state index in [1.165, 1.54) is 13.4 Å². The number of hydrogen-bond acceptors (Lipinski definition) is 4. The molecule has 3 aliphatic heterocycles. The van der Waals surface area contributed by atoms with E-state index in [1.807, 2.05) is 24.3 Å². The molecule has 144 valence electrons. The SMILES string of the molecule is CC[C@H]1CN2CC[C@@]3(C(=O)Nc4ccccc43)[C@@H]2C[C@@H]1/C(=C\OC)C(=O)O. The lowest BCUT2D eigenvalue weighted by Gasteiger charge is -2.44. The lowest BCUT2D eigenvalue weighted by atomic mass is 9.67. The zero-order valence-electron chi connectivity index (χ0n) is 15.8. The van der Waals surface area contributed by atoms with Crippen LogP contribution in [0.3, 0.4) is 0 Å². The Balaban J connectivity index is 1.75. The van der Waals surface area contributed by atoms with Crippen molar-refractivity contribution in [1.29, 1.82) is 0 Å². The summed E-state index contributed by atoms with van der Waals surface area (Å²) < 4.78 is 5.08. The summed E-state index contributed by atoms with van der Waals surface area (Å²) in [6.45, 7) is 3.79. The molecule has 2 saturated heterocycles. The second kappa shape index (κ2) is 6.68. The highest BCUT2D eigenvalue weighted by molar-refractivity contribution is 6.07. The Morgan fingerprint density at radius 2 is 2.22 bits per heavy atom. The first-order chi connectivity index (χ1) is 13.0. The summed E-state index contributed by atoms with van der Waals surface area (Å²) in [5.74, 6) is -0.757. The van der Waals surface area contributed by atoms with Gasteiger partial charge in [0.05, 0.1) is 24.4 Å². The monoisotopic (exact) mass is 370 g/mol. The number of carboxylic acid groups (broad SMARTS) is 1. The van der Waals surface area contributed by atoms with Crippen LogP contribution in [0.15, 0.2) is 36.1 Å². The molecule has 6 heteroatoms. The summed E-state index contributed by atoms with van der Waals surface area (Å²) in [5.41, 5.74) is 1.69. The van der Waals surface area contributed by atoms with Crippen LogP contribution in [0.2, 0.25) is 0 Å². The number of carbonyl (C=O) groups is 2. The highest BCUT2D eigenvalue weighted by atomic mass is 16.5. The third kappa shape index (κ3) is 2.57. The molecule has 0 aliphatic carbocycles. The third-order valence-corrected chi connectivity index (χ3v) is 6.79. The summed E-state index contributed by atoms with van der Waals surface area (Å²) in [6, 6.07) is 7.92. The van der Waals surface area contributed by atoms with Gasteiger partial charge in [0.15, 0.2) is 0 Å². The molecule has 2 fully saturated rings. The zero-order valence-corrected chi connectivity index (χ0v) is 15.8. The fourth-order valence-corrected chi connectivity index (χ4v) is 5.52. The molecule has 1 spiro atoms. The standard InChI is InChI=1S/C21H26N2O4/c1-3-13-11-23-9-8-21(16-6-4-5-7-17(16)22-20(21)26)18(23)10-14(13)15(12-27-2)19(24)25/h4-7,12-14,18H,3,8-11H2,1-2H3,(H,22,26)(H,24,25)/b15-12+/t13-,14-,18-,21-/m0/s1. The van der Waals surface area contributed by atoms with Crippen molar-refractivity contribution in [3.05, 3.63) is 41.7 Å². The number of anilines is 1. The van der Waals surface area contributed by atoms with Gasteiger partial charge in [0.25, 0.3) is 0 Å². The molecule has 1 aromatic rings. The number of aliphatic carboxylic acids is 1. The summed E-state index contributed by atoms with van der Waals surface area (Å²) in [6.07, 6.45) is 3.70. The zero-order chi connectivity index (χ0) is 19.2. The topological polar surface area (TPSA) is 78.9 Å². The van der Waals surface area contributed by atoms with E-state index in [1.54, 1.807) is 0 Å². The molecule has 3 aliphatic rings. The van der Waals surface area contributed by atoms with Crippen molar-refractivity contribution in [2.24, 2.45) is 11.8 Å². The Hall–Kier alpha value is -2.34. The second-order valence-corrected chi connectivity index (χ2v) is 7.86. The van der Waals surface area contributed by atoms with Gasteiger partial charge in [0.2, 0.25) is 5.91 Å². The Morgan fingerprint density at radius 3 is 2.93 bits per heavy atom. The first kappa shape index (κ1) is 18.0. The molecule has 4 atom stereocenters. The number of carbonyl (C=O) groups excluding carboxylic acids is 1. The summed E-state index contributed by atoms with van der Waals surface area (Å²) in [7, 11) is 1.48. The van der Waals surface area contributed by atoms with Crippen molar-refractivity contribution < 1.29 is 19.4 Å². The van der Waals surface area contributed by atoms with Crippen LogP contribution < -0.4 is 5.32 Å². The number of rotatable bonds is 4. The van der Waals surface area contributed by atoms with Gasteiger partial charge in [0, 0.05) is 18.3 Å². The minimum absolute atomic E-state index is 0.00792. The molecule has 27 heavy (non-hydrogen) atoms. The van der Waals surface area contributed by atoms with E-state index in [4.69, 9.17) is 4.74 Å². The normalized spacial score (nSPS) is 32.9. The average Bonchev–Trinajstić information content (AvgIpc) is 3.18. The Bertz CT molecular complexity index is 805. The lowest BCUT2D eigenvalue weighted by molar-refractivity contribution is -0.134. The molecule has 4 rings (SSSR count). The largest absolute Gasteiger partial charge is 0.504 e. The minimum atomic E-state index is -0.933. The fraction of sp³-hybridized carbons (Fsp3) is 0.524. The molecule has 2 N–H and O–H groups in total. The number of piperidine rings is 1. The molecule has 0 radical (unpaired) electrons. The second-order valence-electron chi connectivity index (χ2n) is 7.86. The van der Waals surface area contributed by atoms with Crippen LogP contribution in [-0.2, 0) is 19.7 Å². The molecule has 0 bridgehead atoms. The van der Waals surface area contributed by atoms with Crippen LogP contribution in [0.1, 0.15) is 31.7 Å². The van der Waals surface area contributed by atoms with E-state index in [-0.39, 0.29) is 23.8 Å². The van der Waals surface area contributed by atoms with Crippen molar-refractivity contribution in [3.63, 3.8) is 0 Å². The van der Waals surface area contributed by atoms with Gasteiger partial charge in [0.1, 0.15) is 0 Å². The van der Waals surface area contributed by atoms with Crippen molar-refractivity contribution in [1.82, 2.24) is 4.90 Å². The van der Waals surface area contributed by atoms with Gasteiger partial charge in [-0.3, -0.25) is 9.69 Å². The molecule has 1 amide bonds. The lowest BCUT2D eigenvalue weighted by Crippen LogP contribution is -2.53. The summed E-state index contributed by atoms with van der Waals surface area (Å²) in [5, 5.41) is 12.8. The van der Waals surface area contributed by atoms with Crippen LogP contribution in [0.5, 0.6) is 0 Å². The smallest absolute Gasteiger partial charge is 0.334 e. The third-order valence-electron chi connectivity index (χ3n) is 6.79. The van der Waals surface area contributed by atoms with E-state index in [2.05, 4.69) is 17.1 Å². The van der Waals surface area contributed by atoms with Gasteiger partial charge in [-0.2, -0.15) is 0 Å². The van der Waals surface area contributed by atoms with Gasteiger partial charge in [-0.25, -0.2) is 4.79 Å². The number of methoxy groups -OCH3 is 1. The van der Waals surface area contributed by atoms with E-state index in [9.17, 15) is 14.7 Å². The van der Waals surface area contributed by atoms with E-state index in [0.717, 1.165) is 37.2 Å². The first-order valence-corrected chi connectivity index (χ1v) is 9.64. The van der Waals surface area contributed by atoms with Crippen LogP contribution in [0.4, 0.5) is 5.69 Å². The van der Waals surface area contributed by atoms with Gasteiger partial charge in [-0.1, -0.05) is 31.5 Å². The van der Waals surface area contributed by atoms with E-state index >= 15 is 0 Å². The van der Waals surface area contributed by atoms with Crippen LogP contribution >= 0.6 is 0 Å². The number of nitrogens with zero attached hydrogens (tertiary/aromatic N) is 1. The molecular formula is C21H26N2O4. The highest BCUT2D eigenvalue weighted by Crippen LogP contribution is 2.53. The number of hydrogen-bond donors (Lipinski definition) is 2. The number of carboxylic acids is 1. The molecule has 0 saturated carbocycles. The van der Waals surface area contributed by atoms with Crippen molar-refractivity contribution >= 4 is 17.6 Å². The Morgan fingerprint density at radius 1 is 1.44 bits per heavy atom. The van der Waals surface area contributed by atoms with Crippen LogP contribution in [0, 0.1) is 11.8 Å². The average molecular weight is 370 g/mol. The molecule has 0 unspecified atom stereocenters. The molecule has 1 aromatic carbocycles. The maximum Gasteiger partial charge on any atom is 0.334 e. The summed E-state index contributed by atoms with van der Waals surface area (Å²) in [4.78, 5) is 27.4. The van der Waals surface area contributed by atoms with Gasteiger partial charge in [-0.05, 0) is 42.9 Å². The van der Waals surface area contributed by atoms with Crippen molar-refractivity contribution in [2.75, 3.05) is 25.5 Å². The highest BCUT2D eigenvalue weighted by Gasteiger charge is 2.60. The van der Waals surface area contributed by atoms with Crippen molar-refractivity contribution in [3.8, 4) is 0 Å².